The van der Waals surface area contributed by atoms with Crippen molar-refractivity contribution in [2.75, 3.05) is 0 Å². The molecular weight excluding hydrogens is 322 g/mol. The SMILES string of the molecule is Cc1cc(C)c(C2(C)CC(C(=NO)c3cc4ccccc4o3)C2)c(C)c1. The van der Waals surface area contributed by atoms with Gasteiger partial charge in [-0.3, -0.25) is 0 Å². The Hall–Kier alpha value is -2.55. The zero-order valence-corrected chi connectivity index (χ0v) is 15.8. The Morgan fingerprint density at radius 2 is 1.73 bits per heavy atom. The number of oxime groups is 1. The quantitative estimate of drug-likeness (QED) is 0.364. The van der Waals surface area contributed by atoms with Crippen LogP contribution in [0.4, 0.5) is 0 Å². The molecule has 0 bridgehead atoms. The van der Waals surface area contributed by atoms with Crippen molar-refractivity contribution in [1.82, 2.24) is 0 Å². The third-order valence-electron chi connectivity index (χ3n) is 5.85. The number of hydrogen-bond donors (Lipinski definition) is 1. The lowest BCUT2D eigenvalue weighted by atomic mass is 9.57. The maximum absolute atomic E-state index is 9.65. The van der Waals surface area contributed by atoms with E-state index in [-0.39, 0.29) is 11.3 Å². The number of para-hydroxylation sites is 1. The summed E-state index contributed by atoms with van der Waals surface area (Å²) in [4.78, 5) is 0. The highest BCUT2D eigenvalue weighted by Crippen LogP contribution is 2.51. The molecule has 1 N–H and O–H groups in total. The Morgan fingerprint density at radius 1 is 1.08 bits per heavy atom. The first-order valence-electron chi connectivity index (χ1n) is 9.20. The molecule has 0 saturated heterocycles. The minimum absolute atomic E-state index is 0.120. The predicted molar refractivity (Wildman–Crippen MR) is 105 cm³/mol. The first kappa shape index (κ1) is 16.9. The maximum Gasteiger partial charge on any atom is 0.153 e. The van der Waals surface area contributed by atoms with E-state index in [9.17, 15) is 5.21 Å². The third kappa shape index (κ3) is 2.63. The Kier molecular flexibility index (Phi) is 3.91. The van der Waals surface area contributed by atoms with Crippen LogP contribution in [0.1, 0.15) is 47.8 Å². The highest BCUT2D eigenvalue weighted by Gasteiger charge is 2.46. The molecule has 1 aliphatic carbocycles. The number of furan rings is 1. The molecule has 0 atom stereocenters. The molecule has 1 aliphatic rings. The summed E-state index contributed by atoms with van der Waals surface area (Å²) in [5.41, 5.74) is 7.08. The molecule has 2 aromatic carbocycles. The second kappa shape index (κ2) is 6.01. The Morgan fingerprint density at radius 3 is 2.35 bits per heavy atom. The zero-order chi connectivity index (χ0) is 18.5. The summed E-state index contributed by atoms with van der Waals surface area (Å²) >= 11 is 0. The van der Waals surface area contributed by atoms with Crippen LogP contribution in [-0.2, 0) is 5.41 Å². The predicted octanol–water partition coefficient (Wildman–Crippen LogP) is 5.90. The van der Waals surface area contributed by atoms with Crippen LogP contribution in [0.5, 0.6) is 0 Å². The number of benzene rings is 2. The van der Waals surface area contributed by atoms with Gasteiger partial charge in [-0.15, -0.1) is 0 Å². The first-order valence-corrected chi connectivity index (χ1v) is 9.20. The molecule has 0 amide bonds. The molecule has 4 rings (SSSR count). The number of nitrogens with zero attached hydrogens (tertiary/aromatic N) is 1. The van der Waals surface area contributed by atoms with Gasteiger partial charge in [0.1, 0.15) is 11.3 Å². The first-order chi connectivity index (χ1) is 12.4. The van der Waals surface area contributed by atoms with Crippen LogP contribution in [-0.4, -0.2) is 10.9 Å². The molecule has 0 radical (unpaired) electrons. The lowest BCUT2D eigenvalue weighted by Gasteiger charge is -2.47. The van der Waals surface area contributed by atoms with E-state index in [4.69, 9.17) is 4.42 Å². The molecule has 0 spiro atoms. The molecular formula is C23H25NO2. The van der Waals surface area contributed by atoms with Gasteiger partial charge in [0.25, 0.3) is 0 Å². The molecule has 1 aromatic heterocycles. The fraction of sp³-hybridized carbons (Fsp3) is 0.348. The Bertz CT molecular complexity index is 950. The van der Waals surface area contributed by atoms with Crippen molar-refractivity contribution >= 4 is 16.7 Å². The number of rotatable bonds is 3. The highest BCUT2D eigenvalue weighted by molar-refractivity contribution is 6.03. The van der Waals surface area contributed by atoms with Crippen molar-refractivity contribution in [2.24, 2.45) is 11.1 Å². The van der Waals surface area contributed by atoms with Crippen molar-refractivity contribution in [1.29, 1.82) is 0 Å². The smallest absolute Gasteiger partial charge is 0.153 e. The number of fused-ring (bicyclic) bond motifs is 1. The maximum atomic E-state index is 9.65. The summed E-state index contributed by atoms with van der Waals surface area (Å²) in [5, 5.41) is 14.3. The standard InChI is InChI=1S/C23H25NO2/c1-14-9-15(2)21(16(3)10-14)23(4)12-18(13-23)22(24-25)20-11-17-7-5-6-8-19(17)26-20/h5-11,18,25H,12-13H2,1-4H3. The summed E-state index contributed by atoms with van der Waals surface area (Å²) in [5.74, 6) is 0.892. The zero-order valence-electron chi connectivity index (χ0n) is 15.8. The van der Waals surface area contributed by atoms with Crippen LogP contribution >= 0.6 is 0 Å². The van der Waals surface area contributed by atoms with E-state index in [1.807, 2.05) is 30.3 Å². The van der Waals surface area contributed by atoms with Gasteiger partial charge in [-0.2, -0.15) is 0 Å². The normalized spacial score (nSPS) is 23.2. The topological polar surface area (TPSA) is 45.7 Å². The fourth-order valence-corrected chi connectivity index (χ4v) is 5.00. The van der Waals surface area contributed by atoms with Crippen molar-refractivity contribution in [3.05, 3.63) is 70.5 Å². The molecule has 1 saturated carbocycles. The van der Waals surface area contributed by atoms with Gasteiger partial charge >= 0.3 is 0 Å². The molecule has 3 heteroatoms. The average Bonchev–Trinajstić information content (AvgIpc) is 2.96. The average molecular weight is 347 g/mol. The minimum Gasteiger partial charge on any atom is -0.455 e. The van der Waals surface area contributed by atoms with Gasteiger partial charge in [0.15, 0.2) is 5.76 Å². The van der Waals surface area contributed by atoms with Crippen LogP contribution < -0.4 is 0 Å². The van der Waals surface area contributed by atoms with Crippen LogP contribution in [0, 0.1) is 26.7 Å². The van der Waals surface area contributed by atoms with Crippen molar-refractivity contribution in [3.63, 3.8) is 0 Å². The second-order valence-corrected chi connectivity index (χ2v) is 8.07. The summed E-state index contributed by atoms with van der Waals surface area (Å²) < 4.78 is 5.92. The van der Waals surface area contributed by atoms with E-state index in [0.717, 1.165) is 23.8 Å². The summed E-state index contributed by atoms with van der Waals surface area (Å²) in [6, 6.07) is 14.4. The fourth-order valence-electron chi connectivity index (χ4n) is 5.00. The molecule has 0 unspecified atom stereocenters. The van der Waals surface area contributed by atoms with Crippen molar-refractivity contribution in [3.8, 4) is 0 Å². The monoisotopic (exact) mass is 347 g/mol. The molecule has 3 nitrogen and oxygen atoms in total. The lowest BCUT2D eigenvalue weighted by molar-refractivity contribution is 0.207. The molecule has 0 aliphatic heterocycles. The molecule has 1 heterocycles. The van der Waals surface area contributed by atoms with Crippen LogP contribution in [0.2, 0.25) is 0 Å². The van der Waals surface area contributed by atoms with Gasteiger partial charge in [0.05, 0.1) is 0 Å². The van der Waals surface area contributed by atoms with Gasteiger partial charge < -0.3 is 9.62 Å². The van der Waals surface area contributed by atoms with E-state index < -0.39 is 0 Å². The lowest BCUT2D eigenvalue weighted by Crippen LogP contribution is -2.43. The Balaban J connectivity index is 1.62. The largest absolute Gasteiger partial charge is 0.455 e. The van der Waals surface area contributed by atoms with Crippen molar-refractivity contribution in [2.45, 2.75) is 46.0 Å². The van der Waals surface area contributed by atoms with Gasteiger partial charge in [-0.25, -0.2) is 0 Å². The van der Waals surface area contributed by atoms with E-state index >= 15 is 0 Å². The van der Waals surface area contributed by atoms with Gasteiger partial charge in [0, 0.05) is 11.3 Å². The number of aryl methyl sites for hydroxylation is 3. The van der Waals surface area contributed by atoms with Crippen molar-refractivity contribution < 1.29 is 9.62 Å². The van der Waals surface area contributed by atoms with Gasteiger partial charge in [-0.05, 0) is 67.9 Å². The summed E-state index contributed by atoms with van der Waals surface area (Å²) in [7, 11) is 0. The van der Waals surface area contributed by atoms with Crippen LogP contribution in [0.3, 0.4) is 0 Å². The van der Waals surface area contributed by atoms with Gasteiger partial charge in [-0.1, -0.05) is 48.0 Å². The van der Waals surface area contributed by atoms with Crippen LogP contribution in [0.15, 0.2) is 52.0 Å². The van der Waals surface area contributed by atoms with Gasteiger partial charge in [0.2, 0.25) is 0 Å². The van der Waals surface area contributed by atoms with E-state index in [1.54, 1.807) is 0 Å². The molecule has 3 aromatic rings. The third-order valence-corrected chi connectivity index (χ3v) is 5.85. The second-order valence-electron chi connectivity index (χ2n) is 8.07. The summed E-state index contributed by atoms with van der Waals surface area (Å²) in [6.45, 7) is 8.87. The summed E-state index contributed by atoms with van der Waals surface area (Å²) in [6.07, 6.45) is 1.93. The van der Waals surface area contributed by atoms with Crippen LogP contribution in [0.25, 0.3) is 11.0 Å². The van der Waals surface area contributed by atoms with E-state index in [2.05, 4.69) is 45.0 Å². The minimum atomic E-state index is 0.120. The number of hydrogen-bond acceptors (Lipinski definition) is 3. The van der Waals surface area contributed by atoms with E-state index in [1.165, 1.54) is 22.3 Å². The Labute approximate surface area is 154 Å². The molecule has 1 fully saturated rings. The molecule has 26 heavy (non-hydrogen) atoms. The van der Waals surface area contributed by atoms with E-state index in [0.29, 0.717) is 11.5 Å². The molecule has 134 valence electrons. The highest BCUT2D eigenvalue weighted by atomic mass is 16.4.